The van der Waals surface area contributed by atoms with Crippen molar-refractivity contribution in [2.24, 2.45) is 0 Å². The maximum absolute atomic E-state index is 12.8. The number of carbonyl (C=O) groups is 2. The molecule has 0 unspecified atom stereocenters. The number of ether oxygens (including phenoxy) is 3. The summed E-state index contributed by atoms with van der Waals surface area (Å²) < 4.78 is 17.5. The van der Waals surface area contributed by atoms with Crippen LogP contribution >= 0.6 is 0 Å². The van der Waals surface area contributed by atoms with Crippen LogP contribution in [0.5, 0.6) is 11.5 Å². The molecule has 0 bridgehead atoms. The first-order chi connectivity index (χ1) is 15.5. The summed E-state index contributed by atoms with van der Waals surface area (Å²) in [6.45, 7) is 7.77. The van der Waals surface area contributed by atoms with E-state index in [9.17, 15) is 9.59 Å². The molecule has 0 aliphatic heterocycles. The molecule has 8 heteroatoms. The van der Waals surface area contributed by atoms with Crippen LogP contribution in [0.25, 0.3) is 5.69 Å². The second-order valence-corrected chi connectivity index (χ2v) is 6.75. The first-order valence-electron chi connectivity index (χ1n) is 10.0. The summed E-state index contributed by atoms with van der Waals surface area (Å²) in [6, 6.07) is 12.1. The molecule has 0 spiro atoms. The van der Waals surface area contributed by atoms with E-state index in [1.165, 1.54) is 13.3 Å². The number of amides is 1. The number of methoxy groups -OCH3 is 1. The Morgan fingerprint density at radius 1 is 1.19 bits per heavy atom. The zero-order valence-electron chi connectivity index (χ0n) is 18.3. The average molecular weight is 435 g/mol. The molecule has 3 aromatic rings. The van der Waals surface area contributed by atoms with Crippen molar-refractivity contribution in [2.45, 2.75) is 13.8 Å². The molecule has 166 valence electrons. The number of nitrogens with zero attached hydrogens (tertiary/aromatic N) is 2. The van der Waals surface area contributed by atoms with Crippen molar-refractivity contribution in [1.29, 1.82) is 0 Å². The summed E-state index contributed by atoms with van der Waals surface area (Å²) >= 11 is 0. The molecule has 2 aromatic carbocycles. The maximum atomic E-state index is 12.8. The molecule has 0 saturated heterocycles. The highest BCUT2D eigenvalue weighted by molar-refractivity contribution is 6.04. The average Bonchev–Trinajstić information content (AvgIpc) is 3.19. The van der Waals surface area contributed by atoms with Crippen LogP contribution in [0.3, 0.4) is 0 Å². The third-order valence-electron chi connectivity index (χ3n) is 4.64. The van der Waals surface area contributed by atoms with Gasteiger partial charge in [0, 0.05) is 11.3 Å². The predicted octanol–water partition coefficient (Wildman–Crippen LogP) is 4.18. The zero-order chi connectivity index (χ0) is 23.1. The molecule has 8 nitrogen and oxygen atoms in total. The van der Waals surface area contributed by atoms with E-state index in [1.54, 1.807) is 61.0 Å². The van der Waals surface area contributed by atoms with Gasteiger partial charge in [-0.15, -0.1) is 0 Å². The topological polar surface area (TPSA) is 91.7 Å². The van der Waals surface area contributed by atoms with Gasteiger partial charge in [0.05, 0.1) is 31.3 Å². The van der Waals surface area contributed by atoms with Gasteiger partial charge in [0.2, 0.25) is 0 Å². The number of aromatic nitrogens is 2. The Balaban J connectivity index is 1.80. The Morgan fingerprint density at radius 2 is 2.00 bits per heavy atom. The second-order valence-electron chi connectivity index (χ2n) is 6.75. The molecule has 0 aliphatic carbocycles. The predicted molar refractivity (Wildman–Crippen MR) is 121 cm³/mol. The van der Waals surface area contributed by atoms with Gasteiger partial charge in [-0.2, -0.15) is 5.10 Å². The summed E-state index contributed by atoms with van der Waals surface area (Å²) in [5.41, 5.74) is 2.73. The van der Waals surface area contributed by atoms with E-state index in [0.717, 1.165) is 0 Å². The standard InChI is InChI=1S/C24H25N3O5/c1-5-12-32-21-11-10-17(13-22(21)30-4)23(28)26-18-8-7-9-19(14-18)27-16(3)20(15-25-27)24(29)31-6-2/h5,7-11,13-15H,1,6,12H2,2-4H3,(H,26,28). The van der Waals surface area contributed by atoms with Gasteiger partial charge < -0.3 is 19.5 Å². The zero-order valence-corrected chi connectivity index (χ0v) is 18.3. The van der Waals surface area contributed by atoms with Crippen molar-refractivity contribution in [3.8, 4) is 17.2 Å². The molecular weight excluding hydrogens is 410 g/mol. The minimum Gasteiger partial charge on any atom is -0.493 e. The number of benzene rings is 2. The Hall–Kier alpha value is -4.07. The van der Waals surface area contributed by atoms with Crippen molar-refractivity contribution < 1.29 is 23.8 Å². The summed E-state index contributed by atoms with van der Waals surface area (Å²) in [5, 5.41) is 7.16. The van der Waals surface area contributed by atoms with Gasteiger partial charge in [-0.3, -0.25) is 4.79 Å². The summed E-state index contributed by atoms with van der Waals surface area (Å²) in [4.78, 5) is 24.8. The summed E-state index contributed by atoms with van der Waals surface area (Å²) in [6.07, 6.45) is 3.10. The van der Waals surface area contributed by atoms with Crippen molar-refractivity contribution in [3.05, 3.63) is 78.1 Å². The molecule has 1 amide bonds. The van der Waals surface area contributed by atoms with Gasteiger partial charge in [-0.25, -0.2) is 9.48 Å². The van der Waals surface area contributed by atoms with E-state index in [4.69, 9.17) is 14.2 Å². The van der Waals surface area contributed by atoms with E-state index >= 15 is 0 Å². The molecule has 3 rings (SSSR count). The van der Waals surface area contributed by atoms with Crippen LogP contribution < -0.4 is 14.8 Å². The fraction of sp³-hybridized carbons (Fsp3) is 0.208. The molecule has 0 atom stereocenters. The first kappa shape index (κ1) is 22.6. The van der Waals surface area contributed by atoms with E-state index in [-0.39, 0.29) is 12.5 Å². The van der Waals surface area contributed by atoms with Gasteiger partial charge in [0.25, 0.3) is 5.91 Å². The fourth-order valence-corrected chi connectivity index (χ4v) is 3.07. The maximum Gasteiger partial charge on any atom is 0.341 e. The Bertz CT molecular complexity index is 1140. The largest absolute Gasteiger partial charge is 0.493 e. The summed E-state index contributed by atoms with van der Waals surface area (Å²) in [7, 11) is 1.51. The molecule has 1 aromatic heterocycles. The SMILES string of the molecule is C=CCOc1ccc(C(=O)Nc2cccc(-n3ncc(C(=O)OCC)c3C)c2)cc1OC. The van der Waals surface area contributed by atoms with Crippen LogP contribution in [-0.4, -0.2) is 42.0 Å². The second kappa shape index (κ2) is 10.3. The molecule has 0 aliphatic rings. The van der Waals surface area contributed by atoms with E-state index in [2.05, 4.69) is 17.0 Å². The minimum absolute atomic E-state index is 0.289. The number of hydrogen-bond donors (Lipinski definition) is 1. The van der Waals surface area contributed by atoms with Crippen molar-refractivity contribution in [3.63, 3.8) is 0 Å². The van der Waals surface area contributed by atoms with Gasteiger partial charge in [0.1, 0.15) is 12.2 Å². The van der Waals surface area contributed by atoms with Crippen LogP contribution in [0.4, 0.5) is 5.69 Å². The Kier molecular flexibility index (Phi) is 7.28. The lowest BCUT2D eigenvalue weighted by atomic mass is 10.1. The third kappa shape index (κ3) is 4.97. The van der Waals surface area contributed by atoms with Gasteiger partial charge in [-0.05, 0) is 50.2 Å². The highest BCUT2D eigenvalue weighted by atomic mass is 16.5. The Labute approximate surface area is 186 Å². The van der Waals surface area contributed by atoms with Crippen LogP contribution in [0.2, 0.25) is 0 Å². The molecule has 0 fully saturated rings. The highest BCUT2D eigenvalue weighted by Crippen LogP contribution is 2.28. The molecule has 0 radical (unpaired) electrons. The van der Waals surface area contributed by atoms with E-state index in [1.807, 2.05) is 6.07 Å². The number of rotatable bonds is 9. The molecule has 1 heterocycles. The van der Waals surface area contributed by atoms with Crippen LogP contribution in [0.15, 0.2) is 61.3 Å². The highest BCUT2D eigenvalue weighted by Gasteiger charge is 2.17. The minimum atomic E-state index is -0.421. The van der Waals surface area contributed by atoms with E-state index < -0.39 is 5.97 Å². The molecular formula is C24H25N3O5. The third-order valence-corrected chi connectivity index (χ3v) is 4.64. The van der Waals surface area contributed by atoms with Crippen LogP contribution in [-0.2, 0) is 4.74 Å². The Morgan fingerprint density at radius 3 is 2.72 bits per heavy atom. The fourth-order valence-electron chi connectivity index (χ4n) is 3.07. The van der Waals surface area contributed by atoms with E-state index in [0.29, 0.717) is 46.3 Å². The lowest BCUT2D eigenvalue weighted by Gasteiger charge is -2.12. The van der Waals surface area contributed by atoms with Gasteiger partial charge >= 0.3 is 5.97 Å². The molecule has 0 saturated carbocycles. The lowest BCUT2D eigenvalue weighted by molar-refractivity contribution is 0.0525. The van der Waals surface area contributed by atoms with Crippen molar-refractivity contribution in [2.75, 3.05) is 25.6 Å². The monoisotopic (exact) mass is 435 g/mol. The molecule has 1 N–H and O–H groups in total. The first-order valence-corrected chi connectivity index (χ1v) is 10.0. The number of esters is 1. The van der Waals surface area contributed by atoms with Crippen molar-refractivity contribution in [1.82, 2.24) is 9.78 Å². The molecule has 32 heavy (non-hydrogen) atoms. The van der Waals surface area contributed by atoms with Crippen molar-refractivity contribution >= 4 is 17.6 Å². The number of nitrogens with one attached hydrogen (secondary N) is 1. The lowest BCUT2D eigenvalue weighted by Crippen LogP contribution is -2.13. The smallest absolute Gasteiger partial charge is 0.341 e. The summed E-state index contributed by atoms with van der Waals surface area (Å²) in [5.74, 6) is 0.250. The van der Waals surface area contributed by atoms with Crippen LogP contribution in [0, 0.1) is 6.92 Å². The number of hydrogen-bond acceptors (Lipinski definition) is 6. The van der Waals surface area contributed by atoms with Crippen LogP contribution in [0.1, 0.15) is 33.3 Å². The van der Waals surface area contributed by atoms with Gasteiger partial charge in [0.15, 0.2) is 11.5 Å². The number of carbonyl (C=O) groups excluding carboxylic acids is 2. The quantitative estimate of drug-likeness (QED) is 0.400. The number of anilines is 1. The normalized spacial score (nSPS) is 10.3. The van der Waals surface area contributed by atoms with Gasteiger partial charge in [-0.1, -0.05) is 18.7 Å².